The molecule has 25 heavy (non-hydrogen) atoms. The van der Waals surface area contributed by atoms with Gasteiger partial charge >= 0.3 is 0 Å². The summed E-state index contributed by atoms with van der Waals surface area (Å²) in [6.07, 6.45) is 1.06. The maximum absolute atomic E-state index is 11.9. The normalized spacial score (nSPS) is 22.0. The molecule has 3 rings (SSSR count). The minimum atomic E-state index is -0.648. The Kier molecular flexibility index (Phi) is 6.07. The number of hydrogen-bond donors (Lipinski definition) is 4. The average Bonchev–Trinajstić information content (AvgIpc) is 3.21. The lowest BCUT2D eigenvalue weighted by Crippen LogP contribution is -2.40. The number of carbonyl (C=O) groups is 4. The third-order valence-corrected chi connectivity index (χ3v) is 4.12. The molecule has 2 unspecified atom stereocenters. The number of benzene rings is 1. The van der Waals surface area contributed by atoms with Crippen LogP contribution < -0.4 is 27.2 Å². The van der Waals surface area contributed by atoms with E-state index in [1.54, 1.807) is 4.90 Å². The van der Waals surface area contributed by atoms with E-state index in [9.17, 15) is 19.2 Å². The molecule has 1 aromatic rings. The van der Waals surface area contributed by atoms with E-state index in [2.05, 4.69) is 5.32 Å². The number of nitrogens with one attached hydrogen (secondary N) is 2. The van der Waals surface area contributed by atoms with Crippen LogP contribution in [0.4, 0.5) is 5.69 Å². The highest BCUT2D eigenvalue weighted by molar-refractivity contribution is 6.09. The topological polar surface area (TPSA) is 148 Å². The first-order chi connectivity index (χ1) is 12.0. The van der Waals surface area contributed by atoms with Crippen molar-refractivity contribution in [2.45, 2.75) is 12.8 Å². The maximum atomic E-state index is 11.9. The maximum Gasteiger partial charge on any atom is 0.246 e. The summed E-state index contributed by atoms with van der Waals surface area (Å²) in [4.78, 5) is 45.8. The van der Waals surface area contributed by atoms with Crippen molar-refractivity contribution < 1.29 is 19.2 Å². The fourth-order valence-electron chi connectivity index (χ4n) is 2.75. The third kappa shape index (κ3) is 4.32. The Hall–Kier alpha value is -2.94. The summed E-state index contributed by atoms with van der Waals surface area (Å²) in [5, 5.41) is 2.51. The van der Waals surface area contributed by atoms with E-state index in [4.69, 9.17) is 11.6 Å². The molecule has 9 heteroatoms. The molecule has 1 aromatic carbocycles. The first-order valence-corrected chi connectivity index (χ1v) is 7.89. The minimum Gasteiger partial charge on any atom is -0.369 e. The van der Waals surface area contributed by atoms with E-state index in [1.165, 1.54) is 0 Å². The molecule has 2 aliphatic rings. The van der Waals surface area contributed by atoms with Crippen LogP contribution in [0.5, 0.6) is 0 Å². The molecule has 2 fully saturated rings. The molecule has 2 heterocycles. The summed E-state index contributed by atoms with van der Waals surface area (Å²) in [5.41, 5.74) is 7.73. The summed E-state index contributed by atoms with van der Waals surface area (Å²) >= 11 is 0. The zero-order valence-electron chi connectivity index (χ0n) is 13.6. The molecular weight excluding hydrogens is 326 g/mol. The Morgan fingerprint density at radius 3 is 2.28 bits per heavy atom. The molecule has 9 nitrogen and oxygen atoms in total. The number of amides is 4. The van der Waals surface area contributed by atoms with Crippen molar-refractivity contribution in [3.63, 3.8) is 0 Å². The van der Waals surface area contributed by atoms with Gasteiger partial charge in [0.2, 0.25) is 23.6 Å². The molecule has 6 N–H and O–H groups in total. The van der Waals surface area contributed by atoms with Crippen molar-refractivity contribution in [2.24, 2.45) is 23.4 Å². The van der Waals surface area contributed by atoms with Gasteiger partial charge in [0.05, 0.1) is 0 Å². The molecule has 2 atom stereocenters. The summed E-state index contributed by atoms with van der Waals surface area (Å²) in [6.45, 7) is 1.13. The van der Waals surface area contributed by atoms with Gasteiger partial charge in [-0.3, -0.25) is 24.6 Å². The van der Waals surface area contributed by atoms with E-state index >= 15 is 0 Å². The number of anilines is 1. The lowest BCUT2D eigenvalue weighted by Gasteiger charge is -2.16. The molecule has 0 spiro atoms. The largest absolute Gasteiger partial charge is 0.369 e. The second-order valence-corrected chi connectivity index (χ2v) is 5.71. The predicted octanol–water partition coefficient (Wildman–Crippen LogP) is -1.36. The van der Waals surface area contributed by atoms with Crippen molar-refractivity contribution in [3.05, 3.63) is 30.3 Å². The molecule has 0 radical (unpaired) electrons. The van der Waals surface area contributed by atoms with Gasteiger partial charge in [-0.25, -0.2) is 5.84 Å². The molecule has 4 amide bonds. The van der Waals surface area contributed by atoms with E-state index < -0.39 is 23.7 Å². The summed E-state index contributed by atoms with van der Waals surface area (Å²) in [6, 6.07) is 9.30. The smallest absolute Gasteiger partial charge is 0.246 e. The number of para-hydroxylation sites is 1. The van der Waals surface area contributed by atoms with Gasteiger partial charge in [-0.05, 0) is 25.0 Å². The first kappa shape index (κ1) is 18.4. The number of rotatable bonds is 3. The number of hydrogen-bond acceptors (Lipinski definition) is 5. The zero-order chi connectivity index (χ0) is 18.4. The fourth-order valence-corrected chi connectivity index (χ4v) is 2.75. The first-order valence-electron chi connectivity index (χ1n) is 7.89. The molecule has 0 aliphatic carbocycles. The van der Waals surface area contributed by atoms with Gasteiger partial charge in [0.15, 0.2) is 0 Å². The van der Waals surface area contributed by atoms with E-state index in [0.29, 0.717) is 25.9 Å². The van der Waals surface area contributed by atoms with E-state index in [-0.39, 0.29) is 11.8 Å². The molecule has 134 valence electrons. The van der Waals surface area contributed by atoms with Crippen LogP contribution in [0.3, 0.4) is 0 Å². The van der Waals surface area contributed by atoms with Crippen LogP contribution in [0.2, 0.25) is 0 Å². The fraction of sp³-hybridized carbons (Fsp3) is 0.375. The van der Waals surface area contributed by atoms with Gasteiger partial charge in [-0.2, -0.15) is 0 Å². The second kappa shape index (κ2) is 8.25. The standard InChI is InChI=1S/C11H13N3O2.C5H8N2O2/c12-13-10(15)9-6-7-14(11(9)16)8-4-2-1-3-5-8;6-4(8)3-1-2-7-5(3)9/h1-5,9H,6-7,12H2,(H,13,15);3H,1-2H2,(H2,6,8)(H,7,9). The van der Waals surface area contributed by atoms with Gasteiger partial charge in [0, 0.05) is 18.8 Å². The van der Waals surface area contributed by atoms with Gasteiger partial charge in [0.25, 0.3) is 0 Å². The van der Waals surface area contributed by atoms with Crippen LogP contribution in [0.25, 0.3) is 0 Å². The van der Waals surface area contributed by atoms with Crippen molar-refractivity contribution >= 4 is 29.3 Å². The Balaban J connectivity index is 0.000000212. The van der Waals surface area contributed by atoms with Crippen LogP contribution in [0.1, 0.15) is 12.8 Å². The van der Waals surface area contributed by atoms with Gasteiger partial charge in [0.1, 0.15) is 11.8 Å². The Morgan fingerprint density at radius 1 is 1.12 bits per heavy atom. The van der Waals surface area contributed by atoms with E-state index in [1.807, 2.05) is 35.8 Å². The number of nitrogens with zero attached hydrogens (tertiary/aromatic N) is 1. The molecule has 2 aliphatic heterocycles. The minimum absolute atomic E-state index is 0.186. The predicted molar refractivity (Wildman–Crippen MR) is 89.5 cm³/mol. The monoisotopic (exact) mass is 347 g/mol. The number of nitrogens with two attached hydrogens (primary N) is 2. The SMILES string of the molecule is NC(=O)C1CCNC1=O.NNC(=O)C1CCN(c2ccccc2)C1=O. The van der Waals surface area contributed by atoms with Gasteiger partial charge in [-0.15, -0.1) is 0 Å². The Morgan fingerprint density at radius 2 is 1.80 bits per heavy atom. The summed E-state index contributed by atoms with van der Waals surface area (Å²) in [7, 11) is 0. The second-order valence-electron chi connectivity index (χ2n) is 5.71. The van der Waals surface area contributed by atoms with Crippen LogP contribution in [-0.2, 0) is 19.2 Å². The Bertz CT molecular complexity index is 664. The van der Waals surface area contributed by atoms with Crippen LogP contribution in [0.15, 0.2) is 30.3 Å². The number of hydrazine groups is 1. The van der Waals surface area contributed by atoms with Gasteiger partial charge in [-0.1, -0.05) is 18.2 Å². The average molecular weight is 347 g/mol. The van der Waals surface area contributed by atoms with Gasteiger partial charge < -0.3 is 16.0 Å². The zero-order valence-corrected chi connectivity index (χ0v) is 13.6. The van der Waals surface area contributed by atoms with Crippen molar-refractivity contribution in [1.29, 1.82) is 0 Å². The summed E-state index contributed by atoms with van der Waals surface area (Å²) < 4.78 is 0. The molecule has 0 aromatic heterocycles. The molecular formula is C16H21N5O4. The molecule has 2 saturated heterocycles. The van der Waals surface area contributed by atoms with Crippen LogP contribution in [-0.4, -0.2) is 36.7 Å². The van der Waals surface area contributed by atoms with Crippen molar-refractivity contribution in [2.75, 3.05) is 18.0 Å². The lowest BCUT2D eigenvalue weighted by molar-refractivity contribution is -0.133. The highest BCUT2D eigenvalue weighted by Gasteiger charge is 2.37. The molecule has 0 bridgehead atoms. The quantitative estimate of drug-likeness (QED) is 0.231. The highest BCUT2D eigenvalue weighted by Crippen LogP contribution is 2.24. The summed E-state index contributed by atoms with van der Waals surface area (Å²) in [5.74, 6) is 2.44. The van der Waals surface area contributed by atoms with Crippen molar-refractivity contribution in [1.82, 2.24) is 10.7 Å². The van der Waals surface area contributed by atoms with Crippen molar-refractivity contribution in [3.8, 4) is 0 Å². The molecule has 0 saturated carbocycles. The Labute approximate surface area is 144 Å². The van der Waals surface area contributed by atoms with E-state index in [0.717, 1.165) is 5.69 Å². The van der Waals surface area contributed by atoms with Crippen LogP contribution >= 0.6 is 0 Å². The highest BCUT2D eigenvalue weighted by atomic mass is 16.2. The number of carbonyl (C=O) groups excluding carboxylic acids is 4. The van der Waals surface area contributed by atoms with Crippen LogP contribution in [0, 0.1) is 11.8 Å². The number of primary amides is 1. The lowest BCUT2D eigenvalue weighted by atomic mass is 10.1. The third-order valence-electron chi connectivity index (χ3n) is 4.12.